The lowest BCUT2D eigenvalue weighted by atomic mass is 9.70. The quantitative estimate of drug-likeness (QED) is 0.115. The zero-order valence-electron chi connectivity index (χ0n) is 29.8. The average Bonchev–Trinajstić information content (AvgIpc) is 3.78. The Kier molecular flexibility index (Phi) is 10.4. The average molecular weight is 715 g/mol. The van der Waals surface area contributed by atoms with Crippen LogP contribution in [0.1, 0.15) is 48.1 Å². The van der Waals surface area contributed by atoms with Crippen LogP contribution in [0.5, 0.6) is 11.5 Å². The lowest BCUT2D eigenvalue weighted by molar-refractivity contribution is -0.162. The van der Waals surface area contributed by atoms with Gasteiger partial charge < -0.3 is 19.1 Å². The van der Waals surface area contributed by atoms with E-state index in [0.29, 0.717) is 22.8 Å². The fourth-order valence-electron chi connectivity index (χ4n) is 7.04. The Bertz CT molecular complexity index is 2230. The number of carbonyl (C=O) groups is 2. The molecule has 0 fully saturated rings. The zero-order valence-corrected chi connectivity index (χ0v) is 29.8. The van der Waals surface area contributed by atoms with Gasteiger partial charge in [0.1, 0.15) is 11.5 Å². The fraction of sp³-hybridized carbons (Fsp3) is 0.130. The maximum Gasteiger partial charge on any atom is 0.364 e. The lowest BCUT2D eigenvalue weighted by Gasteiger charge is -2.31. The lowest BCUT2D eigenvalue weighted by Crippen LogP contribution is -2.47. The van der Waals surface area contributed by atoms with Crippen LogP contribution in [0, 0.1) is 0 Å². The van der Waals surface area contributed by atoms with E-state index < -0.39 is 29.1 Å². The molecule has 2 aliphatic rings. The molecule has 6 aromatic rings. The van der Waals surface area contributed by atoms with Crippen LogP contribution in [-0.2, 0) is 30.3 Å². The molecule has 0 aliphatic carbocycles. The molecule has 0 saturated carbocycles. The minimum Gasteiger partial charge on any atom is -0.425 e. The van der Waals surface area contributed by atoms with E-state index in [2.05, 4.69) is 10.3 Å². The number of hydrogen-bond acceptors (Lipinski definition) is 8. The predicted molar refractivity (Wildman–Crippen MR) is 207 cm³/mol. The highest BCUT2D eigenvalue weighted by molar-refractivity contribution is 6.13. The standard InChI is InChI=1S/2C23H19NO3/c1-17-23(19-13-7-3-8-14-19,22(25)26-20-15-9-4-10-16-20)21(27-24-17)18-11-5-2-6-12-18;1-17-21(18-11-5-2-6-12-18)23(27-24-17,19-13-7-3-8-14-19)22(25)26-20-15-9-4-10-16-20/h2*2-16,21H,1H3/t2*21?,23-/m11/s1. The Labute approximate surface area is 314 Å². The second kappa shape index (κ2) is 15.8. The maximum absolute atomic E-state index is 13.5. The van der Waals surface area contributed by atoms with Crippen LogP contribution in [-0.4, -0.2) is 23.4 Å². The minimum absolute atomic E-state index is 0.377. The van der Waals surface area contributed by atoms with Gasteiger partial charge in [-0.25, -0.2) is 4.79 Å². The summed E-state index contributed by atoms with van der Waals surface area (Å²) in [4.78, 5) is 38.6. The van der Waals surface area contributed by atoms with Crippen LogP contribution in [0.4, 0.5) is 0 Å². The topological polar surface area (TPSA) is 95.8 Å². The molecule has 2 unspecified atom stereocenters. The fourth-order valence-corrected chi connectivity index (χ4v) is 7.04. The predicted octanol–water partition coefficient (Wildman–Crippen LogP) is 9.35. The molecule has 8 nitrogen and oxygen atoms in total. The Morgan fingerprint density at radius 2 is 0.944 bits per heavy atom. The summed E-state index contributed by atoms with van der Waals surface area (Å²) in [6.07, 6.45) is -0.600. The monoisotopic (exact) mass is 714 g/mol. The molecule has 0 bridgehead atoms. The Morgan fingerprint density at radius 3 is 1.46 bits per heavy atom. The van der Waals surface area contributed by atoms with Crippen LogP contribution in [0.3, 0.4) is 0 Å². The van der Waals surface area contributed by atoms with Crippen molar-refractivity contribution in [1.29, 1.82) is 0 Å². The molecule has 54 heavy (non-hydrogen) atoms. The first-order chi connectivity index (χ1) is 26.4. The SMILES string of the molecule is CC1=NOC(c2ccccc2)[C@]1(C(=O)Oc1ccccc1)c1ccccc1.CC1=NO[C@](C(=O)Oc2ccccc2)(c2ccccc2)C1c1ccccc1. The van der Waals surface area contributed by atoms with Gasteiger partial charge >= 0.3 is 11.9 Å². The van der Waals surface area contributed by atoms with Crippen LogP contribution in [0.25, 0.3) is 0 Å². The molecule has 0 aromatic heterocycles. The van der Waals surface area contributed by atoms with Crippen LogP contribution in [0.2, 0.25) is 0 Å². The van der Waals surface area contributed by atoms with Crippen molar-refractivity contribution in [2.24, 2.45) is 10.3 Å². The van der Waals surface area contributed by atoms with Crippen molar-refractivity contribution in [2.45, 2.75) is 36.9 Å². The molecule has 2 aliphatic heterocycles. The van der Waals surface area contributed by atoms with Crippen molar-refractivity contribution in [2.75, 3.05) is 0 Å². The molecule has 8 heteroatoms. The van der Waals surface area contributed by atoms with Crippen molar-refractivity contribution >= 4 is 23.4 Å². The summed E-state index contributed by atoms with van der Waals surface area (Å²) >= 11 is 0. The van der Waals surface area contributed by atoms with Gasteiger partial charge in [0.2, 0.25) is 0 Å². The smallest absolute Gasteiger partial charge is 0.364 e. The third-order valence-corrected chi connectivity index (χ3v) is 9.62. The molecule has 8 rings (SSSR count). The summed E-state index contributed by atoms with van der Waals surface area (Å²) in [6.45, 7) is 3.68. The molecule has 0 N–H and O–H groups in total. The Morgan fingerprint density at radius 1 is 0.519 bits per heavy atom. The number of benzene rings is 6. The summed E-state index contributed by atoms with van der Waals surface area (Å²) in [7, 11) is 0. The summed E-state index contributed by atoms with van der Waals surface area (Å²) < 4.78 is 11.5. The molecule has 0 amide bonds. The van der Waals surface area contributed by atoms with Gasteiger partial charge in [-0.1, -0.05) is 168 Å². The number of oxime groups is 2. The van der Waals surface area contributed by atoms with Gasteiger partial charge in [-0.15, -0.1) is 0 Å². The number of ether oxygens (including phenoxy) is 2. The molecule has 6 aromatic carbocycles. The van der Waals surface area contributed by atoms with Gasteiger partial charge in [-0.05, 0) is 54.8 Å². The van der Waals surface area contributed by atoms with E-state index in [9.17, 15) is 9.59 Å². The van der Waals surface area contributed by atoms with E-state index in [4.69, 9.17) is 19.1 Å². The normalized spacial score (nSPS) is 21.2. The van der Waals surface area contributed by atoms with Crippen LogP contribution in [0.15, 0.2) is 192 Å². The van der Waals surface area contributed by atoms with E-state index in [0.717, 1.165) is 22.4 Å². The van der Waals surface area contributed by atoms with E-state index in [1.807, 2.05) is 172 Å². The molecule has 0 radical (unpaired) electrons. The van der Waals surface area contributed by atoms with Gasteiger partial charge in [-0.2, -0.15) is 0 Å². The molecule has 0 saturated heterocycles. The molecule has 2 heterocycles. The highest BCUT2D eigenvalue weighted by Gasteiger charge is 2.58. The third kappa shape index (κ3) is 6.77. The first kappa shape index (κ1) is 35.6. The number of hydrogen-bond donors (Lipinski definition) is 0. The molecular formula is C46H38N2O6. The maximum atomic E-state index is 13.5. The number of esters is 2. The summed E-state index contributed by atoms with van der Waals surface area (Å²) in [5, 5.41) is 8.40. The van der Waals surface area contributed by atoms with E-state index in [1.165, 1.54) is 0 Å². The second-order valence-electron chi connectivity index (χ2n) is 12.9. The van der Waals surface area contributed by atoms with Gasteiger partial charge in [0.05, 0.1) is 17.3 Å². The van der Waals surface area contributed by atoms with E-state index in [-0.39, 0.29) is 5.92 Å². The van der Waals surface area contributed by atoms with Crippen molar-refractivity contribution in [1.82, 2.24) is 0 Å². The van der Waals surface area contributed by atoms with Crippen LogP contribution >= 0.6 is 0 Å². The Balaban J connectivity index is 0.000000167. The summed E-state index contributed by atoms with van der Waals surface area (Å²) in [6, 6.07) is 56.5. The van der Waals surface area contributed by atoms with Gasteiger partial charge in [-0.3, -0.25) is 4.79 Å². The number of carbonyl (C=O) groups excluding carboxylic acids is 2. The van der Waals surface area contributed by atoms with Gasteiger partial charge in [0.25, 0.3) is 5.60 Å². The summed E-state index contributed by atoms with van der Waals surface area (Å²) in [5.74, 6) is -0.318. The van der Waals surface area contributed by atoms with E-state index >= 15 is 0 Å². The van der Waals surface area contributed by atoms with Crippen molar-refractivity contribution in [3.05, 3.63) is 204 Å². The van der Waals surface area contributed by atoms with Gasteiger partial charge in [0.15, 0.2) is 11.5 Å². The highest BCUT2D eigenvalue weighted by atomic mass is 16.7. The first-order valence-corrected chi connectivity index (χ1v) is 17.6. The van der Waals surface area contributed by atoms with Crippen molar-refractivity contribution < 1.29 is 28.7 Å². The van der Waals surface area contributed by atoms with Gasteiger partial charge in [0, 0.05) is 5.56 Å². The summed E-state index contributed by atoms with van der Waals surface area (Å²) in [5.41, 5.74) is 2.09. The minimum atomic E-state index is -1.37. The number of para-hydroxylation sites is 2. The van der Waals surface area contributed by atoms with Crippen LogP contribution < -0.4 is 9.47 Å². The highest BCUT2D eigenvalue weighted by Crippen LogP contribution is 2.48. The zero-order chi connectivity index (χ0) is 37.4. The number of rotatable bonds is 8. The van der Waals surface area contributed by atoms with Crippen molar-refractivity contribution in [3.8, 4) is 11.5 Å². The molecule has 4 atom stereocenters. The molecule has 0 spiro atoms. The number of nitrogens with zero attached hydrogens (tertiary/aromatic N) is 2. The first-order valence-electron chi connectivity index (χ1n) is 17.6. The molecule has 268 valence electrons. The second-order valence-corrected chi connectivity index (χ2v) is 12.9. The molecular weight excluding hydrogens is 677 g/mol. The van der Waals surface area contributed by atoms with Crippen molar-refractivity contribution in [3.63, 3.8) is 0 Å². The largest absolute Gasteiger partial charge is 0.425 e. The van der Waals surface area contributed by atoms with E-state index in [1.54, 1.807) is 24.3 Å². The third-order valence-electron chi connectivity index (χ3n) is 9.62. The Hall–Kier alpha value is -6.80.